The fraction of sp³-hybridized carbons (Fsp3) is 0.375. The largest absolute Gasteiger partial charge is 0.493 e. The van der Waals surface area contributed by atoms with E-state index in [2.05, 4.69) is 20.7 Å². The smallest absolute Gasteiger partial charge is 0.307 e. The molecule has 1 aromatic carbocycles. The summed E-state index contributed by atoms with van der Waals surface area (Å²) in [5.74, 6) is 0.841. The second-order valence-electron chi connectivity index (χ2n) is 5.26. The molecule has 0 atom stereocenters. The number of carbonyl (C=O) groups is 2. The average Bonchev–Trinajstić information content (AvgIpc) is 3.09. The molecule has 0 fully saturated rings. The molecule has 6 nitrogen and oxygen atoms in total. The van der Waals surface area contributed by atoms with Gasteiger partial charge in [-0.2, -0.15) is 0 Å². The van der Waals surface area contributed by atoms with Gasteiger partial charge in [-0.3, -0.25) is 9.59 Å². The second kappa shape index (κ2) is 6.60. The maximum Gasteiger partial charge on any atom is 0.307 e. The lowest BCUT2D eigenvalue weighted by molar-refractivity contribution is -0.140. The fourth-order valence-corrected chi connectivity index (χ4v) is 4.97. The summed E-state index contributed by atoms with van der Waals surface area (Å²) >= 11 is 5.01. The average molecular weight is 414 g/mol. The van der Waals surface area contributed by atoms with Crippen molar-refractivity contribution >= 4 is 49.2 Å². The van der Waals surface area contributed by atoms with Crippen LogP contribution in [-0.4, -0.2) is 44.7 Å². The highest BCUT2D eigenvalue weighted by Gasteiger charge is 2.33. The number of amides is 1. The zero-order chi connectivity index (χ0) is 17.4. The molecule has 1 amide bonds. The van der Waals surface area contributed by atoms with Crippen LogP contribution < -0.4 is 9.47 Å². The number of hydrogen-bond donors (Lipinski definition) is 0. The third kappa shape index (κ3) is 2.63. The summed E-state index contributed by atoms with van der Waals surface area (Å²) < 4.78 is 17.2. The Bertz CT molecular complexity index is 832. The summed E-state index contributed by atoms with van der Waals surface area (Å²) in [5.41, 5.74) is 0.956. The summed E-state index contributed by atoms with van der Waals surface area (Å²) in [7, 11) is 4.50. The number of esters is 1. The van der Waals surface area contributed by atoms with E-state index in [0.717, 1.165) is 20.1 Å². The quantitative estimate of drug-likeness (QED) is 0.704. The van der Waals surface area contributed by atoms with Crippen molar-refractivity contribution in [2.45, 2.75) is 13.0 Å². The normalized spacial score (nSPS) is 13.3. The van der Waals surface area contributed by atoms with E-state index in [1.165, 1.54) is 18.4 Å². The molecular weight excluding hydrogens is 398 g/mol. The number of methoxy groups -OCH3 is 3. The van der Waals surface area contributed by atoms with Gasteiger partial charge in [-0.15, -0.1) is 11.3 Å². The second-order valence-corrected chi connectivity index (χ2v) is 7.11. The van der Waals surface area contributed by atoms with E-state index in [1.807, 2.05) is 6.07 Å². The molecule has 0 aliphatic carbocycles. The van der Waals surface area contributed by atoms with Gasteiger partial charge >= 0.3 is 5.97 Å². The predicted molar refractivity (Wildman–Crippen MR) is 94.0 cm³/mol. The Morgan fingerprint density at radius 1 is 1.33 bits per heavy atom. The van der Waals surface area contributed by atoms with Crippen LogP contribution in [0.1, 0.15) is 21.7 Å². The number of rotatable bonds is 5. The molecule has 0 unspecified atom stereocenters. The molecule has 2 aromatic rings. The lowest BCUT2D eigenvalue weighted by atomic mass is 10.1. The predicted octanol–water partition coefficient (Wildman–Crippen LogP) is 3.20. The monoisotopic (exact) mass is 413 g/mol. The Labute approximate surface area is 151 Å². The van der Waals surface area contributed by atoms with E-state index in [-0.39, 0.29) is 18.3 Å². The minimum Gasteiger partial charge on any atom is -0.493 e. The van der Waals surface area contributed by atoms with Gasteiger partial charge in [-0.05, 0) is 15.9 Å². The van der Waals surface area contributed by atoms with Gasteiger partial charge in [0, 0.05) is 34.8 Å². The van der Waals surface area contributed by atoms with Crippen molar-refractivity contribution in [3.05, 3.63) is 21.0 Å². The van der Waals surface area contributed by atoms with Gasteiger partial charge < -0.3 is 19.1 Å². The number of halogens is 1. The molecule has 1 aromatic heterocycles. The standard InChI is InChI=1S/C16H16BrNO5S/c1-21-9-6-10-12(13(17)14(9)23-3)8-7-18(5-4-11(19)22-2)16(20)15(8)24-10/h6H,4-5,7H2,1-3H3. The minimum atomic E-state index is -0.324. The van der Waals surface area contributed by atoms with Crippen molar-refractivity contribution in [2.75, 3.05) is 27.9 Å². The molecule has 0 saturated carbocycles. The van der Waals surface area contributed by atoms with E-state index in [4.69, 9.17) is 9.47 Å². The Balaban J connectivity index is 2.00. The van der Waals surface area contributed by atoms with Crippen LogP contribution in [0.25, 0.3) is 10.1 Å². The zero-order valence-electron chi connectivity index (χ0n) is 13.5. The van der Waals surface area contributed by atoms with Crippen LogP contribution in [0.3, 0.4) is 0 Å². The number of fused-ring (bicyclic) bond motifs is 3. The van der Waals surface area contributed by atoms with Crippen LogP contribution in [0.4, 0.5) is 0 Å². The molecule has 0 bridgehead atoms. The first-order valence-electron chi connectivity index (χ1n) is 7.23. The maximum absolute atomic E-state index is 12.6. The third-order valence-electron chi connectivity index (χ3n) is 4.01. The highest BCUT2D eigenvalue weighted by atomic mass is 79.9. The number of nitrogens with zero attached hydrogens (tertiary/aromatic N) is 1. The van der Waals surface area contributed by atoms with Crippen molar-refractivity contribution < 1.29 is 23.8 Å². The van der Waals surface area contributed by atoms with Crippen molar-refractivity contribution in [3.63, 3.8) is 0 Å². The van der Waals surface area contributed by atoms with Crippen LogP contribution in [-0.2, 0) is 16.1 Å². The maximum atomic E-state index is 12.6. The molecule has 0 spiro atoms. The summed E-state index contributed by atoms with van der Waals surface area (Å²) in [5, 5.41) is 0.960. The number of thiophene rings is 1. The van der Waals surface area contributed by atoms with Crippen LogP contribution in [0.2, 0.25) is 0 Å². The first kappa shape index (κ1) is 17.0. The summed E-state index contributed by atoms with van der Waals surface area (Å²) in [6.45, 7) is 0.818. The van der Waals surface area contributed by atoms with Gasteiger partial charge in [0.15, 0.2) is 11.5 Å². The number of ether oxygens (including phenoxy) is 3. The molecule has 0 radical (unpaired) electrons. The molecule has 0 saturated heterocycles. The van der Waals surface area contributed by atoms with Crippen LogP contribution in [0, 0.1) is 0 Å². The van der Waals surface area contributed by atoms with Gasteiger partial charge in [-0.25, -0.2) is 0 Å². The molecule has 1 aliphatic rings. The molecule has 1 aliphatic heterocycles. The highest BCUT2D eigenvalue weighted by molar-refractivity contribution is 9.10. The zero-order valence-corrected chi connectivity index (χ0v) is 15.9. The van der Waals surface area contributed by atoms with Gasteiger partial charge in [0.2, 0.25) is 0 Å². The molecule has 2 heterocycles. The number of benzene rings is 1. The summed E-state index contributed by atoms with van der Waals surface area (Å²) in [4.78, 5) is 26.3. The first-order valence-corrected chi connectivity index (χ1v) is 8.84. The van der Waals surface area contributed by atoms with Crippen molar-refractivity contribution in [1.82, 2.24) is 4.90 Å². The van der Waals surface area contributed by atoms with E-state index >= 15 is 0 Å². The molecule has 3 rings (SSSR count). The Morgan fingerprint density at radius 2 is 2.08 bits per heavy atom. The molecule has 8 heteroatoms. The third-order valence-corrected chi connectivity index (χ3v) is 5.93. The van der Waals surface area contributed by atoms with Gasteiger partial charge in [0.25, 0.3) is 5.91 Å². The topological polar surface area (TPSA) is 65.1 Å². The van der Waals surface area contributed by atoms with E-state index in [9.17, 15) is 9.59 Å². The van der Waals surface area contributed by atoms with Gasteiger partial charge in [-0.1, -0.05) is 0 Å². The Morgan fingerprint density at radius 3 is 2.71 bits per heavy atom. The highest BCUT2D eigenvalue weighted by Crippen LogP contribution is 2.48. The molecule has 128 valence electrons. The summed E-state index contributed by atoms with van der Waals surface area (Å²) in [6.07, 6.45) is 0.188. The van der Waals surface area contributed by atoms with Crippen molar-refractivity contribution in [2.24, 2.45) is 0 Å². The molecular formula is C16H16BrNO5S. The van der Waals surface area contributed by atoms with Crippen LogP contribution in [0.15, 0.2) is 10.5 Å². The fourth-order valence-electron chi connectivity index (χ4n) is 2.81. The van der Waals surface area contributed by atoms with Crippen molar-refractivity contribution in [3.8, 4) is 11.5 Å². The Kier molecular flexibility index (Phi) is 4.69. The first-order chi connectivity index (χ1) is 11.5. The Hall–Kier alpha value is -1.80. The van der Waals surface area contributed by atoms with Gasteiger partial charge in [0.05, 0.1) is 37.1 Å². The van der Waals surface area contributed by atoms with Gasteiger partial charge in [0.1, 0.15) is 0 Å². The lowest BCUT2D eigenvalue weighted by Gasteiger charge is -2.15. The minimum absolute atomic E-state index is 0.0556. The molecule has 24 heavy (non-hydrogen) atoms. The van der Waals surface area contributed by atoms with Crippen LogP contribution in [0.5, 0.6) is 11.5 Å². The molecule has 0 N–H and O–H groups in total. The number of hydrogen-bond acceptors (Lipinski definition) is 6. The van der Waals surface area contributed by atoms with Crippen LogP contribution >= 0.6 is 27.3 Å². The SMILES string of the molecule is COC(=O)CCN1Cc2c(sc3cc(OC)c(OC)c(Br)c23)C1=O. The van der Waals surface area contributed by atoms with E-state index in [0.29, 0.717) is 29.5 Å². The van der Waals surface area contributed by atoms with E-state index < -0.39 is 0 Å². The summed E-state index contributed by atoms with van der Waals surface area (Å²) in [6, 6.07) is 1.88. The lowest BCUT2D eigenvalue weighted by Crippen LogP contribution is -2.26. The number of carbonyl (C=O) groups excluding carboxylic acids is 2. The van der Waals surface area contributed by atoms with Crippen molar-refractivity contribution in [1.29, 1.82) is 0 Å². The van der Waals surface area contributed by atoms with E-state index in [1.54, 1.807) is 19.1 Å².